The summed E-state index contributed by atoms with van der Waals surface area (Å²) in [5.41, 5.74) is 7.65. The Kier molecular flexibility index (Phi) is 9.00. The molecule has 2 nitrogen and oxygen atoms in total. The minimum absolute atomic E-state index is 1.24. The van der Waals surface area contributed by atoms with Crippen molar-refractivity contribution in [2.24, 2.45) is 0 Å². The van der Waals surface area contributed by atoms with Crippen LogP contribution in [0.1, 0.15) is 193 Å². The molecule has 12 fully saturated rings. The third-order valence-corrected chi connectivity index (χ3v) is 389. The first-order valence-electron chi connectivity index (χ1n) is 26.3. The zero-order valence-electron chi connectivity index (χ0n) is 36.3. The van der Waals surface area contributed by atoms with Gasteiger partial charge in [-0.15, -0.1) is 0 Å². The Morgan fingerprint density at radius 3 is 0.690 bits per heavy atom. The summed E-state index contributed by atoms with van der Waals surface area (Å²) < 4.78 is 18.2. The van der Waals surface area contributed by atoms with Gasteiger partial charge in [0.2, 0.25) is 13.7 Å². The van der Waals surface area contributed by atoms with Crippen LogP contribution in [0.4, 0.5) is 0 Å². The zero-order chi connectivity index (χ0) is 38.3. The summed E-state index contributed by atoms with van der Waals surface area (Å²) in [7, 11) is 0. The van der Waals surface area contributed by atoms with E-state index in [9.17, 15) is 0 Å². The lowest BCUT2D eigenvalue weighted by Crippen LogP contribution is -3.69. The Balaban J connectivity index is 1.19. The average Bonchev–Trinajstić information content (AvgIpc) is 3.31. The fourth-order valence-electron chi connectivity index (χ4n) is 23.4. The molecule has 14 rings (SSSR count). The summed E-state index contributed by atoms with van der Waals surface area (Å²) in [6, 6.07) is 24.5. The van der Waals surface area contributed by atoms with Gasteiger partial charge < -0.3 is 8.85 Å². The van der Waals surface area contributed by atoms with Gasteiger partial charge in [-0.2, -0.15) is 0 Å². The molecule has 0 radical (unpaired) electrons. The second-order valence-electron chi connectivity index (χ2n) is 23.1. The first-order valence-corrected chi connectivity index (χ1v) is 54.5. The Hall–Kier alpha value is -0.225. The molecule has 0 bridgehead atoms. The third kappa shape index (κ3) is 3.53. The lowest BCUT2D eigenvalue weighted by molar-refractivity contribution is 0.453. The van der Waals surface area contributed by atoms with Crippen molar-refractivity contribution < 1.29 is 8.85 Å². The summed E-state index contributed by atoms with van der Waals surface area (Å²) in [6.45, 7) is -13.9. The monoisotopic (exact) mass is 908 g/mol. The number of para-hydroxylation sites is 2. The third-order valence-electron chi connectivity index (χ3n) is 22.4. The van der Waals surface area contributed by atoms with Crippen molar-refractivity contribution >= 4 is 53.5 Å². The van der Waals surface area contributed by atoms with Gasteiger partial charge in [0.25, 0.3) is 0 Å². The van der Waals surface area contributed by atoms with E-state index in [1.807, 2.05) is 0 Å². The molecule has 58 heavy (non-hydrogen) atoms. The van der Waals surface area contributed by atoms with Crippen LogP contribution in [0.5, 0.6) is 11.5 Å². The van der Waals surface area contributed by atoms with E-state index >= 15 is 0 Å². The smallest absolute Gasteiger partial charge is 0.234 e. The quantitative estimate of drug-likeness (QED) is 0.221. The molecule has 2 aromatic rings. The highest BCUT2D eigenvalue weighted by atomic mass is 31.1. The molecule has 4 unspecified atom stereocenters. The molecule has 6 aliphatic heterocycles. The van der Waals surface area contributed by atoms with Gasteiger partial charge in [0.1, 0.15) is 11.5 Å². The average molecular weight is 910 g/mol. The highest BCUT2D eigenvalue weighted by molar-refractivity contribution is 8.92. The molecular weight excluding hydrogens is 833 g/mol. The highest BCUT2D eigenvalue weighted by Gasteiger charge is 3.45. The molecule has 0 N–H and O–H groups in total. The molecule has 4 atom stereocenters. The van der Waals surface area contributed by atoms with Gasteiger partial charge in [-0.1, -0.05) is 240 Å². The molecule has 0 amide bonds. The Labute approximate surface area is 358 Å². The van der Waals surface area contributed by atoms with Crippen LogP contribution in [-0.4, -0.2) is 53.5 Å². The van der Waals surface area contributed by atoms with Crippen LogP contribution in [0.25, 0.3) is 0 Å². The van der Waals surface area contributed by atoms with Gasteiger partial charge in [0.05, 0.1) is 26.5 Å². The first kappa shape index (κ1) is 38.3. The number of hydrogen-bond acceptors (Lipinski definition) is 2. The molecule has 0 aromatic heterocycles. The van der Waals surface area contributed by atoms with Crippen LogP contribution in [0, 0.1) is 0 Å². The van der Waals surface area contributed by atoms with E-state index in [0.29, 0.717) is 0 Å². The van der Waals surface area contributed by atoms with Gasteiger partial charge in [-0.3, -0.25) is 0 Å². The van der Waals surface area contributed by atoms with E-state index in [1.165, 1.54) is 44.7 Å². The zero-order valence-corrected chi connectivity index (χ0v) is 44.3. The molecule has 12 aliphatic rings. The van der Waals surface area contributed by atoms with E-state index < -0.39 is 53.5 Å². The largest absolute Gasteiger partial charge is 0.550 e. The fraction of sp³-hybridized carbons (Fsp3) is 0.750. The standard InChI is InChI=1S/C48H76O2Si8/c1-9-25-41(26-10-1)49-57-53(45-33-17-5-18-34-45)51(43-29-13-3-14-30-43)52(44-31-15-4-16-32-44)55(53,47-37-21-7-22-38-47)58(57,50-42-27-11-2-12-28-42)56(52,48-39-23-8-24-40-48)54(51,57)46-35-19-6-20-36-46/h1-2,9-12,25-28,43-48H,3-8,13-24,29-40H2. The van der Waals surface area contributed by atoms with Crippen molar-refractivity contribution in [2.45, 2.75) is 226 Å². The van der Waals surface area contributed by atoms with Crippen molar-refractivity contribution in [3.63, 3.8) is 0 Å². The maximum Gasteiger partial charge on any atom is 0.234 e. The normalized spacial score (nSPS) is 46.8. The highest BCUT2D eigenvalue weighted by Crippen LogP contribution is 3.09. The SMILES string of the molecule is c1ccc(O[Si]23[Si]4(Oc5ccccc5)[Si]5(C6CCCCC6)[Si]2(C2CCCCC2)[Si]2(C6CCCCC6)[Si]3(C3CCCCC3)[Si]4(C3CCCCC3)[Si]52C2CCCCC2)cc1. The summed E-state index contributed by atoms with van der Waals surface area (Å²) >= 11 is 0. The summed E-state index contributed by atoms with van der Waals surface area (Å²) in [6.07, 6.45) is 49.6. The fourth-order valence-corrected chi connectivity index (χ4v) is 1020. The molecular formula is C48H76O2Si8. The molecule has 6 saturated heterocycles. The van der Waals surface area contributed by atoms with Crippen LogP contribution in [0.15, 0.2) is 60.7 Å². The van der Waals surface area contributed by atoms with Crippen LogP contribution < -0.4 is 8.85 Å². The molecule has 0 spiro atoms. The van der Waals surface area contributed by atoms with Crippen LogP contribution in [0.2, 0.25) is 33.2 Å². The van der Waals surface area contributed by atoms with E-state index in [4.69, 9.17) is 8.85 Å². The van der Waals surface area contributed by atoms with Crippen molar-refractivity contribution in [2.75, 3.05) is 0 Å². The number of rotatable bonds is 10. The van der Waals surface area contributed by atoms with Crippen molar-refractivity contribution in [3.05, 3.63) is 60.7 Å². The van der Waals surface area contributed by atoms with E-state index in [1.54, 1.807) is 193 Å². The van der Waals surface area contributed by atoms with Crippen molar-refractivity contribution in [1.82, 2.24) is 0 Å². The van der Waals surface area contributed by atoms with Crippen molar-refractivity contribution in [1.29, 1.82) is 0 Å². The Morgan fingerprint density at radius 2 is 0.466 bits per heavy atom. The molecule has 10 heteroatoms. The molecule has 2 aromatic carbocycles. The predicted octanol–water partition coefficient (Wildman–Crippen LogP) is 13.7. The summed E-state index contributed by atoms with van der Waals surface area (Å²) in [5.74, 6) is 2.86. The van der Waals surface area contributed by atoms with Gasteiger partial charge in [-0.05, 0) is 46.4 Å². The van der Waals surface area contributed by atoms with E-state index in [0.717, 1.165) is 0 Å². The minimum Gasteiger partial charge on any atom is -0.550 e. The lowest BCUT2D eigenvalue weighted by atomic mass is 10.0. The van der Waals surface area contributed by atoms with E-state index in [-0.39, 0.29) is 0 Å². The number of hydrogen-bond donors (Lipinski definition) is 0. The Bertz CT molecular complexity index is 1660. The van der Waals surface area contributed by atoms with Gasteiger partial charge in [-0.25, -0.2) is 0 Å². The summed E-state index contributed by atoms with van der Waals surface area (Å²) in [4.78, 5) is 0. The van der Waals surface area contributed by atoms with Gasteiger partial charge in [0.15, 0.2) is 0 Å². The molecule has 6 saturated carbocycles. The van der Waals surface area contributed by atoms with Crippen LogP contribution in [0.3, 0.4) is 0 Å². The predicted molar refractivity (Wildman–Crippen MR) is 261 cm³/mol. The van der Waals surface area contributed by atoms with Crippen molar-refractivity contribution in [3.8, 4) is 11.5 Å². The Morgan fingerprint density at radius 1 is 0.259 bits per heavy atom. The second kappa shape index (κ2) is 13.6. The van der Waals surface area contributed by atoms with Crippen LogP contribution in [-0.2, 0) is 0 Å². The minimum atomic E-state index is -2.12. The van der Waals surface area contributed by atoms with Gasteiger partial charge >= 0.3 is 0 Å². The van der Waals surface area contributed by atoms with E-state index in [2.05, 4.69) is 60.7 Å². The topological polar surface area (TPSA) is 18.5 Å². The maximum atomic E-state index is 9.11. The molecule has 6 heterocycles. The second-order valence-corrected chi connectivity index (χ2v) is 132. The van der Waals surface area contributed by atoms with Crippen LogP contribution >= 0.6 is 0 Å². The lowest BCUT2D eigenvalue weighted by Gasteiger charge is -3.29. The first-order chi connectivity index (χ1) is 28.8. The molecule has 6 aliphatic carbocycles. The van der Waals surface area contributed by atoms with Gasteiger partial charge in [0, 0.05) is 13.3 Å². The maximum absolute atomic E-state index is 9.11. The molecule has 312 valence electrons. The summed E-state index contributed by atoms with van der Waals surface area (Å²) in [5, 5.41) is 0. The number of benzene rings is 2.